The number of carbonyl (C=O) groups is 2. The van der Waals surface area contributed by atoms with Crippen molar-refractivity contribution in [3.05, 3.63) is 57.7 Å². The minimum atomic E-state index is -4.45. The Morgan fingerprint density at radius 3 is 2.53 bits per heavy atom. The molecule has 0 N–H and O–H groups in total. The number of esters is 2. The Balaban J connectivity index is 1.54. The monoisotopic (exact) mass is 539 g/mol. The van der Waals surface area contributed by atoms with Crippen molar-refractivity contribution in [3.63, 3.8) is 0 Å². The van der Waals surface area contributed by atoms with Crippen molar-refractivity contribution in [2.24, 2.45) is 5.41 Å². The molecule has 0 unspecified atom stereocenters. The number of benzene rings is 2. The molecule has 0 spiro atoms. The standard InChI is InChI=1S/C24H21ClF3N3O4S/c1-23(2,3)22(33)35-12-34-21(32)10-16-15-9-14(25)5-6-18(15)31(30-16)11-20-29-17-8-13(24(26,27)28)4-7-19(17)36-20/h4-9H,10-12H2,1-3H3. The molecule has 0 saturated heterocycles. The van der Waals surface area contributed by atoms with Gasteiger partial charge in [0.1, 0.15) is 5.01 Å². The highest BCUT2D eigenvalue weighted by Crippen LogP contribution is 2.33. The molecule has 190 valence electrons. The van der Waals surface area contributed by atoms with Gasteiger partial charge in [0, 0.05) is 10.4 Å². The second-order valence-corrected chi connectivity index (χ2v) is 10.6. The zero-order valence-electron chi connectivity index (χ0n) is 19.5. The van der Waals surface area contributed by atoms with Crippen LogP contribution in [0.1, 0.15) is 37.0 Å². The molecule has 0 saturated carbocycles. The number of nitrogens with zero attached hydrogens (tertiary/aromatic N) is 3. The molecule has 36 heavy (non-hydrogen) atoms. The molecule has 0 aliphatic rings. The zero-order chi connectivity index (χ0) is 26.3. The zero-order valence-corrected chi connectivity index (χ0v) is 21.1. The molecule has 0 atom stereocenters. The summed E-state index contributed by atoms with van der Waals surface area (Å²) in [7, 11) is 0. The summed E-state index contributed by atoms with van der Waals surface area (Å²) in [6.45, 7) is 4.71. The van der Waals surface area contributed by atoms with Crippen LogP contribution in [0.4, 0.5) is 13.2 Å². The molecule has 4 rings (SSSR count). The lowest BCUT2D eigenvalue weighted by molar-refractivity contribution is -0.172. The minimum Gasteiger partial charge on any atom is -0.428 e. The van der Waals surface area contributed by atoms with E-state index in [1.54, 1.807) is 43.7 Å². The van der Waals surface area contributed by atoms with E-state index in [9.17, 15) is 22.8 Å². The number of carbonyl (C=O) groups excluding carboxylic acids is 2. The van der Waals surface area contributed by atoms with Crippen LogP contribution in [0.15, 0.2) is 36.4 Å². The third kappa shape index (κ3) is 5.79. The maximum absolute atomic E-state index is 13.0. The van der Waals surface area contributed by atoms with E-state index in [0.29, 0.717) is 31.3 Å². The molecular weight excluding hydrogens is 519 g/mol. The molecule has 2 aromatic carbocycles. The Morgan fingerprint density at radius 1 is 1.08 bits per heavy atom. The molecule has 2 heterocycles. The van der Waals surface area contributed by atoms with E-state index in [-0.39, 0.29) is 18.5 Å². The van der Waals surface area contributed by atoms with Gasteiger partial charge in [-0.05, 0) is 57.2 Å². The number of hydrogen-bond donors (Lipinski definition) is 0. The molecule has 0 fully saturated rings. The van der Waals surface area contributed by atoms with E-state index < -0.39 is 35.9 Å². The van der Waals surface area contributed by atoms with Gasteiger partial charge in [0.05, 0.1) is 45.4 Å². The van der Waals surface area contributed by atoms with Crippen molar-refractivity contribution in [2.45, 2.75) is 39.9 Å². The first-order valence-corrected chi connectivity index (χ1v) is 11.9. The molecule has 0 bridgehead atoms. The summed E-state index contributed by atoms with van der Waals surface area (Å²) in [5.41, 5.74) is -0.192. The van der Waals surface area contributed by atoms with Gasteiger partial charge in [0.2, 0.25) is 6.79 Å². The second kappa shape index (κ2) is 9.70. The lowest BCUT2D eigenvalue weighted by Crippen LogP contribution is -2.25. The van der Waals surface area contributed by atoms with E-state index in [0.717, 1.165) is 12.1 Å². The van der Waals surface area contributed by atoms with Crippen molar-refractivity contribution in [2.75, 3.05) is 6.79 Å². The molecule has 4 aromatic rings. The van der Waals surface area contributed by atoms with Crippen molar-refractivity contribution in [3.8, 4) is 0 Å². The fourth-order valence-corrected chi connectivity index (χ4v) is 4.47. The smallest absolute Gasteiger partial charge is 0.416 e. The summed E-state index contributed by atoms with van der Waals surface area (Å²) in [5, 5.41) is 6.12. The number of rotatable bonds is 6. The van der Waals surface area contributed by atoms with Gasteiger partial charge in [-0.25, -0.2) is 4.98 Å². The lowest BCUT2D eigenvalue weighted by Gasteiger charge is -2.16. The normalized spacial score (nSPS) is 12.3. The number of aromatic nitrogens is 3. The van der Waals surface area contributed by atoms with E-state index in [1.807, 2.05) is 0 Å². The molecule has 7 nitrogen and oxygen atoms in total. The van der Waals surface area contributed by atoms with Gasteiger partial charge in [-0.3, -0.25) is 14.3 Å². The van der Waals surface area contributed by atoms with Crippen LogP contribution in [-0.4, -0.2) is 33.5 Å². The predicted octanol–water partition coefficient (Wildman–Crippen LogP) is 6.00. The average Bonchev–Trinajstić information content (AvgIpc) is 3.32. The fourth-order valence-electron chi connectivity index (χ4n) is 3.37. The van der Waals surface area contributed by atoms with Crippen LogP contribution in [0.5, 0.6) is 0 Å². The Hall–Kier alpha value is -3.18. The number of ether oxygens (including phenoxy) is 2. The fraction of sp³-hybridized carbons (Fsp3) is 0.333. The van der Waals surface area contributed by atoms with Crippen LogP contribution in [-0.2, 0) is 38.2 Å². The van der Waals surface area contributed by atoms with Gasteiger partial charge < -0.3 is 9.47 Å². The Labute approximate surface area is 212 Å². The maximum Gasteiger partial charge on any atom is 0.416 e. The molecule has 0 aliphatic carbocycles. The van der Waals surface area contributed by atoms with Gasteiger partial charge >= 0.3 is 18.1 Å². The minimum absolute atomic E-state index is 0.178. The first-order chi connectivity index (χ1) is 16.8. The van der Waals surface area contributed by atoms with Gasteiger partial charge in [-0.2, -0.15) is 18.3 Å². The second-order valence-electron chi connectivity index (χ2n) is 9.05. The third-order valence-corrected chi connectivity index (χ3v) is 6.42. The number of halogens is 4. The van der Waals surface area contributed by atoms with E-state index in [4.69, 9.17) is 21.1 Å². The topological polar surface area (TPSA) is 83.3 Å². The molecule has 0 amide bonds. The van der Waals surface area contributed by atoms with Crippen LogP contribution in [0.3, 0.4) is 0 Å². The summed E-state index contributed by atoms with van der Waals surface area (Å²) in [6.07, 6.45) is -4.66. The Bertz CT molecular complexity index is 1460. The van der Waals surface area contributed by atoms with E-state index in [2.05, 4.69) is 10.1 Å². The quantitative estimate of drug-likeness (QED) is 0.221. The predicted molar refractivity (Wildman–Crippen MR) is 129 cm³/mol. The van der Waals surface area contributed by atoms with Crippen LogP contribution in [0.25, 0.3) is 21.1 Å². The first-order valence-electron chi connectivity index (χ1n) is 10.8. The SMILES string of the molecule is CC(C)(C)C(=O)OCOC(=O)Cc1nn(Cc2nc3cc(C(F)(F)F)ccc3s2)c2ccc(Cl)cc12. The van der Waals surface area contributed by atoms with Crippen LogP contribution in [0.2, 0.25) is 5.02 Å². The largest absolute Gasteiger partial charge is 0.428 e. The summed E-state index contributed by atoms with van der Waals surface area (Å²) < 4.78 is 51.3. The van der Waals surface area contributed by atoms with Gasteiger partial charge in [-0.1, -0.05) is 11.6 Å². The van der Waals surface area contributed by atoms with Crippen molar-refractivity contribution in [1.29, 1.82) is 0 Å². The third-order valence-electron chi connectivity index (χ3n) is 5.17. The van der Waals surface area contributed by atoms with Gasteiger partial charge in [-0.15, -0.1) is 11.3 Å². The summed E-state index contributed by atoms with van der Waals surface area (Å²) in [6, 6.07) is 8.51. The van der Waals surface area contributed by atoms with Gasteiger partial charge in [0.15, 0.2) is 0 Å². The van der Waals surface area contributed by atoms with Crippen LogP contribution in [0, 0.1) is 5.41 Å². The summed E-state index contributed by atoms with van der Waals surface area (Å²) >= 11 is 7.41. The molecular formula is C24H21ClF3N3O4S. The summed E-state index contributed by atoms with van der Waals surface area (Å²) in [4.78, 5) is 28.5. The lowest BCUT2D eigenvalue weighted by atomic mass is 9.98. The van der Waals surface area contributed by atoms with Crippen molar-refractivity contribution >= 4 is 56.0 Å². The molecule has 12 heteroatoms. The summed E-state index contributed by atoms with van der Waals surface area (Å²) in [5.74, 6) is -1.15. The van der Waals surface area contributed by atoms with E-state index in [1.165, 1.54) is 17.4 Å². The Morgan fingerprint density at radius 2 is 1.83 bits per heavy atom. The number of hydrogen-bond acceptors (Lipinski definition) is 7. The highest BCUT2D eigenvalue weighted by molar-refractivity contribution is 7.18. The number of alkyl halides is 3. The molecule has 0 radical (unpaired) electrons. The van der Waals surface area contributed by atoms with Crippen molar-refractivity contribution < 1.29 is 32.2 Å². The van der Waals surface area contributed by atoms with Crippen molar-refractivity contribution in [1.82, 2.24) is 14.8 Å². The van der Waals surface area contributed by atoms with Crippen LogP contribution >= 0.6 is 22.9 Å². The number of thiazole rings is 1. The van der Waals surface area contributed by atoms with E-state index >= 15 is 0 Å². The Kier molecular flexibility index (Phi) is 6.98. The highest BCUT2D eigenvalue weighted by Gasteiger charge is 2.31. The first kappa shape index (κ1) is 25.9. The van der Waals surface area contributed by atoms with Crippen LogP contribution < -0.4 is 0 Å². The number of fused-ring (bicyclic) bond motifs is 2. The average molecular weight is 540 g/mol. The van der Waals surface area contributed by atoms with Gasteiger partial charge in [0.25, 0.3) is 0 Å². The maximum atomic E-state index is 13.0. The molecule has 0 aliphatic heterocycles. The highest BCUT2D eigenvalue weighted by atomic mass is 35.5. The molecule has 2 aromatic heterocycles.